The average Bonchev–Trinajstić information content (AvgIpc) is 2.41. The van der Waals surface area contributed by atoms with Gasteiger partial charge in [-0.25, -0.2) is 4.98 Å². The molecular formula is C17H16N2O. The van der Waals surface area contributed by atoms with Gasteiger partial charge in [-0.05, 0) is 49.2 Å². The van der Waals surface area contributed by atoms with E-state index in [0.717, 1.165) is 28.0 Å². The van der Waals surface area contributed by atoms with Crippen LogP contribution in [0.4, 0.5) is 11.5 Å². The largest absolute Gasteiger partial charge is 0.507 e. The summed E-state index contributed by atoms with van der Waals surface area (Å²) in [6.07, 6.45) is 0. The van der Waals surface area contributed by atoms with E-state index in [1.54, 1.807) is 6.07 Å². The fraction of sp³-hybridized carbons (Fsp3) is 0.118. The standard InChI is InChI=1S/C17H16N2O/c1-11-6-3-4-7-13(11)18-16-10-12(2)17-14(19-16)8-5-9-15(17)20/h3-10,20H,1-2H3,(H,18,19). The summed E-state index contributed by atoms with van der Waals surface area (Å²) in [7, 11) is 0. The lowest BCUT2D eigenvalue weighted by Gasteiger charge is -2.11. The molecule has 0 radical (unpaired) electrons. The van der Waals surface area contributed by atoms with Gasteiger partial charge in [-0.3, -0.25) is 0 Å². The van der Waals surface area contributed by atoms with Gasteiger partial charge in [0.05, 0.1) is 5.52 Å². The molecule has 2 aromatic carbocycles. The summed E-state index contributed by atoms with van der Waals surface area (Å²) in [6.45, 7) is 4.04. The van der Waals surface area contributed by atoms with E-state index in [9.17, 15) is 5.11 Å². The maximum Gasteiger partial charge on any atom is 0.131 e. The maximum absolute atomic E-state index is 9.92. The number of aromatic nitrogens is 1. The number of aromatic hydroxyl groups is 1. The van der Waals surface area contributed by atoms with Crippen LogP contribution >= 0.6 is 0 Å². The smallest absolute Gasteiger partial charge is 0.131 e. The molecule has 3 heteroatoms. The molecule has 0 aliphatic heterocycles. The summed E-state index contributed by atoms with van der Waals surface area (Å²) in [6, 6.07) is 15.4. The number of fused-ring (bicyclic) bond motifs is 1. The predicted molar refractivity (Wildman–Crippen MR) is 82.6 cm³/mol. The van der Waals surface area contributed by atoms with Crippen LogP contribution < -0.4 is 5.32 Å². The normalized spacial score (nSPS) is 10.7. The molecule has 0 aliphatic carbocycles. The van der Waals surface area contributed by atoms with Crippen molar-refractivity contribution in [3.05, 3.63) is 59.7 Å². The molecule has 3 nitrogen and oxygen atoms in total. The van der Waals surface area contributed by atoms with E-state index in [1.807, 2.05) is 43.3 Å². The molecule has 0 unspecified atom stereocenters. The lowest BCUT2D eigenvalue weighted by molar-refractivity contribution is 0.481. The van der Waals surface area contributed by atoms with E-state index in [-0.39, 0.29) is 5.75 Å². The van der Waals surface area contributed by atoms with E-state index in [0.29, 0.717) is 0 Å². The Labute approximate surface area is 117 Å². The van der Waals surface area contributed by atoms with Crippen LogP contribution in [0.15, 0.2) is 48.5 Å². The molecule has 20 heavy (non-hydrogen) atoms. The van der Waals surface area contributed by atoms with Crippen molar-refractivity contribution in [1.82, 2.24) is 4.98 Å². The first-order valence-electron chi connectivity index (χ1n) is 6.57. The Morgan fingerprint density at radius 3 is 2.55 bits per heavy atom. The number of para-hydroxylation sites is 1. The van der Waals surface area contributed by atoms with Gasteiger partial charge in [-0.2, -0.15) is 0 Å². The summed E-state index contributed by atoms with van der Waals surface area (Å²) in [5.74, 6) is 1.06. The van der Waals surface area contributed by atoms with Crippen molar-refractivity contribution >= 4 is 22.4 Å². The average molecular weight is 264 g/mol. The number of pyridine rings is 1. The lowest BCUT2D eigenvalue weighted by atomic mass is 10.1. The minimum absolute atomic E-state index is 0.273. The minimum Gasteiger partial charge on any atom is -0.507 e. The third-order valence-electron chi connectivity index (χ3n) is 3.42. The first kappa shape index (κ1) is 12.5. The van der Waals surface area contributed by atoms with Gasteiger partial charge in [-0.1, -0.05) is 24.3 Å². The van der Waals surface area contributed by atoms with E-state index >= 15 is 0 Å². The van der Waals surface area contributed by atoms with Crippen LogP contribution in [0.25, 0.3) is 10.9 Å². The van der Waals surface area contributed by atoms with Crippen LogP contribution in [0.1, 0.15) is 11.1 Å². The molecule has 0 amide bonds. The van der Waals surface area contributed by atoms with Crippen LogP contribution in [-0.4, -0.2) is 10.1 Å². The third-order valence-corrected chi connectivity index (χ3v) is 3.42. The Kier molecular flexibility index (Phi) is 3.03. The Hall–Kier alpha value is -2.55. The van der Waals surface area contributed by atoms with Crippen molar-refractivity contribution in [2.75, 3.05) is 5.32 Å². The fourth-order valence-electron chi connectivity index (χ4n) is 2.38. The highest BCUT2D eigenvalue weighted by molar-refractivity contribution is 5.89. The Morgan fingerprint density at radius 2 is 1.75 bits per heavy atom. The number of nitrogens with one attached hydrogen (secondary N) is 1. The topological polar surface area (TPSA) is 45.1 Å². The van der Waals surface area contributed by atoms with Crippen LogP contribution in [0.5, 0.6) is 5.75 Å². The van der Waals surface area contributed by atoms with Gasteiger partial charge in [0.2, 0.25) is 0 Å². The molecule has 2 N–H and O–H groups in total. The molecule has 0 bridgehead atoms. The molecule has 0 saturated carbocycles. The van der Waals surface area contributed by atoms with Gasteiger partial charge in [0, 0.05) is 11.1 Å². The van der Waals surface area contributed by atoms with Crippen molar-refractivity contribution in [2.45, 2.75) is 13.8 Å². The Morgan fingerprint density at radius 1 is 0.950 bits per heavy atom. The quantitative estimate of drug-likeness (QED) is 0.725. The summed E-state index contributed by atoms with van der Waals surface area (Å²) in [4.78, 5) is 4.56. The molecule has 100 valence electrons. The Balaban J connectivity index is 2.08. The van der Waals surface area contributed by atoms with Crippen molar-refractivity contribution in [3.8, 4) is 5.75 Å². The van der Waals surface area contributed by atoms with Crippen LogP contribution in [0, 0.1) is 13.8 Å². The molecule has 3 rings (SSSR count). The van der Waals surface area contributed by atoms with E-state index < -0.39 is 0 Å². The van der Waals surface area contributed by atoms with Gasteiger partial charge in [0.15, 0.2) is 0 Å². The zero-order chi connectivity index (χ0) is 14.1. The van der Waals surface area contributed by atoms with Crippen molar-refractivity contribution in [3.63, 3.8) is 0 Å². The zero-order valence-corrected chi connectivity index (χ0v) is 11.5. The van der Waals surface area contributed by atoms with Crippen molar-refractivity contribution < 1.29 is 5.11 Å². The molecule has 3 aromatic rings. The molecule has 0 atom stereocenters. The number of rotatable bonds is 2. The maximum atomic E-state index is 9.92. The lowest BCUT2D eigenvalue weighted by Crippen LogP contribution is -1.97. The first-order valence-corrected chi connectivity index (χ1v) is 6.57. The third kappa shape index (κ3) is 2.18. The number of phenols is 1. The van der Waals surface area contributed by atoms with Crippen molar-refractivity contribution in [1.29, 1.82) is 0 Å². The number of anilines is 2. The minimum atomic E-state index is 0.273. The molecule has 1 heterocycles. The number of benzene rings is 2. The molecule has 1 aromatic heterocycles. The molecule has 0 saturated heterocycles. The molecule has 0 fully saturated rings. The highest BCUT2D eigenvalue weighted by Crippen LogP contribution is 2.29. The Bertz CT molecular complexity index is 781. The zero-order valence-electron chi connectivity index (χ0n) is 11.5. The highest BCUT2D eigenvalue weighted by atomic mass is 16.3. The predicted octanol–water partition coefficient (Wildman–Crippen LogP) is 4.30. The summed E-state index contributed by atoms with van der Waals surface area (Å²) in [5, 5.41) is 14.1. The summed E-state index contributed by atoms with van der Waals surface area (Å²) < 4.78 is 0. The molecular weight excluding hydrogens is 248 g/mol. The van der Waals surface area contributed by atoms with Crippen LogP contribution in [-0.2, 0) is 0 Å². The second-order valence-electron chi connectivity index (χ2n) is 4.94. The number of hydrogen-bond donors (Lipinski definition) is 2. The fourth-order valence-corrected chi connectivity index (χ4v) is 2.38. The first-order chi connectivity index (χ1) is 9.65. The summed E-state index contributed by atoms with van der Waals surface area (Å²) >= 11 is 0. The van der Waals surface area contributed by atoms with E-state index in [4.69, 9.17) is 0 Å². The number of phenolic OH excluding ortho intramolecular Hbond substituents is 1. The highest BCUT2D eigenvalue weighted by Gasteiger charge is 2.07. The van der Waals surface area contributed by atoms with E-state index in [1.165, 1.54) is 5.56 Å². The number of nitrogens with zero attached hydrogens (tertiary/aromatic N) is 1. The number of aryl methyl sites for hydroxylation is 2. The molecule has 0 spiro atoms. The van der Waals surface area contributed by atoms with Gasteiger partial charge in [0.25, 0.3) is 0 Å². The van der Waals surface area contributed by atoms with Gasteiger partial charge in [-0.15, -0.1) is 0 Å². The van der Waals surface area contributed by atoms with Gasteiger partial charge in [0.1, 0.15) is 11.6 Å². The van der Waals surface area contributed by atoms with E-state index in [2.05, 4.69) is 23.3 Å². The monoisotopic (exact) mass is 264 g/mol. The second-order valence-corrected chi connectivity index (χ2v) is 4.94. The SMILES string of the molecule is Cc1ccccc1Nc1cc(C)c2c(O)cccc2n1. The second kappa shape index (κ2) is 4.85. The van der Waals surface area contributed by atoms with Gasteiger partial charge >= 0.3 is 0 Å². The van der Waals surface area contributed by atoms with Crippen LogP contribution in [0.3, 0.4) is 0 Å². The van der Waals surface area contributed by atoms with Crippen LogP contribution in [0.2, 0.25) is 0 Å². The number of hydrogen-bond acceptors (Lipinski definition) is 3. The van der Waals surface area contributed by atoms with Crippen molar-refractivity contribution in [2.24, 2.45) is 0 Å². The molecule has 0 aliphatic rings. The van der Waals surface area contributed by atoms with Gasteiger partial charge < -0.3 is 10.4 Å². The summed E-state index contributed by atoms with van der Waals surface area (Å²) in [5.41, 5.74) is 4.01.